The smallest absolute Gasteiger partial charge is 0.332 e. The fraction of sp³-hybridized carbons (Fsp3) is 0.304. The molecule has 1 aromatic carbocycles. The number of hydrogen-bond acceptors (Lipinski definition) is 7. The van der Waals surface area contributed by atoms with Crippen LogP contribution in [0.2, 0.25) is 0 Å². The van der Waals surface area contributed by atoms with Crippen molar-refractivity contribution in [1.82, 2.24) is 23.7 Å². The maximum Gasteiger partial charge on any atom is 0.332 e. The third-order valence-corrected chi connectivity index (χ3v) is 5.35. The van der Waals surface area contributed by atoms with Gasteiger partial charge in [-0.25, -0.2) is 14.2 Å². The zero-order valence-corrected chi connectivity index (χ0v) is 18.8. The molecule has 0 aliphatic carbocycles. The van der Waals surface area contributed by atoms with Crippen LogP contribution in [0.3, 0.4) is 0 Å². The normalized spacial score (nSPS) is 11.2. The van der Waals surface area contributed by atoms with E-state index in [-0.39, 0.29) is 43.3 Å². The Bertz CT molecular complexity index is 1420. The molecule has 11 heteroatoms. The molecule has 0 unspecified atom stereocenters. The molecule has 1 N–H and O–H groups in total. The number of aryl methyl sites for hydroxylation is 1. The molecule has 0 fully saturated rings. The predicted molar refractivity (Wildman–Crippen MR) is 122 cm³/mol. The number of alkyl halides is 1. The topological polar surface area (TPSA) is 113 Å². The summed E-state index contributed by atoms with van der Waals surface area (Å²) >= 11 is 0. The van der Waals surface area contributed by atoms with Crippen molar-refractivity contribution < 1.29 is 19.0 Å². The Labute approximate surface area is 193 Å². The first kappa shape index (κ1) is 23.2. The number of rotatable bonds is 9. The Morgan fingerprint density at radius 2 is 1.94 bits per heavy atom. The number of aliphatic hydroxyl groups is 1. The fourth-order valence-electron chi connectivity index (χ4n) is 3.61. The van der Waals surface area contributed by atoms with E-state index in [4.69, 9.17) is 9.47 Å². The summed E-state index contributed by atoms with van der Waals surface area (Å²) in [4.78, 5) is 34.8. The SMILES string of the molecule is COc1ccc(Cn2c(Oc3cccc(CF)c3)nc3c2c(=O)n(CCCO)c(=O)n3C)cn1. The maximum absolute atomic E-state index is 13.4. The molecular weight excluding hydrogens is 445 g/mol. The summed E-state index contributed by atoms with van der Waals surface area (Å²) < 4.78 is 28.1. The van der Waals surface area contributed by atoms with Gasteiger partial charge in [-0.3, -0.25) is 18.5 Å². The molecule has 178 valence electrons. The molecule has 4 rings (SSSR count). The van der Waals surface area contributed by atoms with E-state index in [1.54, 1.807) is 41.1 Å². The van der Waals surface area contributed by atoms with Gasteiger partial charge in [-0.05, 0) is 29.7 Å². The molecule has 0 radical (unpaired) electrons. The average Bonchev–Trinajstić information content (AvgIpc) is 3.21. The van der Waals surface area contributed by atoms with E-state index in [1.807, 2.05) is 0 Å². The molecule has 10 nitrogen and oxygen atoms in total. The third-order valence-electron chi connectivity index (χ3n) is 5.35. The Morgan fingerprint density at radius 3 is 2.62 bits per heavy atom. The lowest BCUT2D eigenvalue weighted by Crippen LogP contribution is -2.39. The first-order valence-electron chi connectivity index (χ1n) is 10.6. The average molecular weight is 469 g/mol. The number of aromatic nitrogens is 5. The molecule has 34 heavy (non-hydrogen) atoms. The van der Waals surface area contributed by atoms with Crippen LogP contribution < -0.4 is 20.7 Å². The highest BCUT2D eigenvalue weighted by molar-refractivity contribution is 5.72. The van der Waals surface area contributed by atoms with E-state index < -0.39 is 17.9 Å². The number of imidazole rings is 1. The van der Waals surface area contributed by atoms with Crippen molar-refractivity contribution in [2.24, 2.45) is 7.05 Å². The van der Waals surface area contributed by atoms with E-state index in [9.17, 15) is 19.1 Å². The zero-order chi connectivity index (χ0) is 24.2. The Balaban J connectivity index is 1.90. The zero-order valence-electron chi connectivity index (χ0n) is 18.8. The van der Waals surface area contributed by atoms with Crippen molar-refractivity contribution in [1.29, 1.82) is 0 Å². The molecule has 0 saturated carbocycles. The fourth-order valence-corrected chi connectivity index (χ4v) is 3.61. The molecule has 0 atom stereocenters. The van der Waals surface area contributed by atoms with E-state index in [1.165, 1.54) is 24.8 Å². The summed E-state index contributed by atoms with van der Waals surface area (Å²) in [7, 11) is 3.03. The van der Waals surface area contributed by atoms with E-state index in [0.29, 0.717) is 17.2 Å². The number of benzene rings is 1. The highest BCUT2D eigenvalue weighted by Crippen LogP contribution is 2.26. The van der Waals surface area contributed by atoms with Crippen molar-refractivity contribution in [3.8, 4) is 17.6 Å². The van der Waals surface area contributed by atoms with Crippen molar-refractivity contribution in [2.45, 2.75) is 26.2 Å². The lowest BCUT2D eigenvalue weighted by atomic mass is 10.2. The van der Waals surface area contributed by atoms with Gasteiger partial charge in [0.15, 0.2) is 11.2 Å². The quantitative estimate of drug-likeness (QED) is 0.399. The molecular formula is C23H24FN5O5. The minimum atomic E-state index is -0.658. The van der Waals surface area contributed by atoms with Crippen LogP contribution in [0.15, 0.2) is 52.2 Å². The Kier molecular flexibility index (Phi) is 6.73. The van der Waals surface area contributed by atoms with E-state index in [2.05, 4.69) is 9.97 Å². The van der Waals surface area contributed by atoms with Crippen LogP contribution in [0.1, 0.15) is 17.5 Å². The molecule has 0 aliphatic heterocycles. The summed E-state index contributed by atoms with van der Waals surface area (Å²) in [5, 5.41) is 9.19. The number of halogens is 1. The standard InChI is InChI=1S/C23H24FN5O5/c1-27-20-19(21(31)28(23(27)32)9-4-10-30)29(14-16-7-8-18(33-2)25-13-16)22(26-20)34-17-6-3-5-15(11-17)12-24/h3,5-8,11,13,30H,4,9-10,12,14H2,1-2H3. The number of pyridine rings is 1. The largest absolute Gasteiger partial charge is 0.481 e. The van der Waals surface area contributed by atoms with Crippen molar-refractivity contribution in [3.05, 3.63) is 74.6 Å². The predicted octanol–water partition coefficient (Wildman–Crippen LogP) is 1.99. The molecule has 0 spiro atoms. The minimum Gasteiger partial charge on any atom is -0.481 e. The highest BCUT2D eigenvalue weighted by atomic mass is 19.1. The van der Waals surface area contributed by atoms with E-state index in [0.717, 1.165) is 10.1 Å². The second-order valence-electron chi connectivity index (χ2n) is 7.62. The third kappa shape index (κ3) is 4.42. The molecule has 3 heterocycles. The lowest BCUT2D eigenvalue weighted by Gasteiger charge is -2.11. The summed E-state index contributed by atoms with van der Waals surface area (Å²) in [5.41, 5.74) is 0.373. The van der Waals surface area contributed by atoms with Crippen LogP contribution >= 0.6 is 0 Å². The van der Waals surface area contributed by atoms with Crippen LogP contribution in [0.25, 0.3) is 11.2 Å². The van der Waals surface area contributed by atoms with Gasteiger partial charge in [-0.15, -0.1) is 0 Å². The van der Waals surface area contributed by atoms with Gasteiger partial charge in [0, 0.05) is 32.5 Å². The van der Waals surface area contributed by atoms with Crippen LogP contribution in [-0.2, 0) is 26.8 Å². The minimum absolute atomic E-state index is 0.0575. The van der Waals surface area contributed by atoms with Gasteiger partial charge < -0.3 is 14.6 Å². The number of nitrogens with zero attached hydrogens (tertiary/aromatic N) is 5. The summed E-state index contributed by atoms with van der Waals surface area (Å²) in [6.07, 6.45) is 1.85. The first-order valence-corrected chi connectivity index (χ1v) is 10.6. The van der Waals surface area contributed by atoms with Gasteiger partial charge in [0.2, 0.25) is 5.88 Å². The Hall–Kier alpha value is -3.99. The van der Waals surface area contributed by atoms with Gasteiger partial charge in [0.05, 0.1) is 13.7 Å². The maximum atomic E-state index is 13.4. The highest BCUT2D eigenvalue weighted by Gasteiger charge is 2.22. The van der Waals surface area contributed by atoms with E-state index >= 15 is 0 Å². The van der Waals surface area contributed by atoms with Gasteiger partial charge in [-0.2, -0.15) is 4.98 Å². The van der Waals surface area contributed by atoms with Crippen molar-refractivity contribution in [3.63, 3.8) is 0 Å². The summed E-state index contributed by atoms with van der Waals surface area (Å²) in [6.45, 7) is -0.597. The monoisotopic (exact) mass is 469 g/mol. The van der Waals surface area contributed by atoms with Crippen LogP contribution in [-0.4, -0.2) is 42.5 Å². The summed E-state index contributed by atoms with van der Waals surface area (Å²) in [5.74, 6) is 0.776. The van der Waals surface area contributed by atoms with Gasteiger partial charge in [0.25, 0.3) is 5.56 Å². The number of hydrogen-bond donors (Lipinski definition) is 1. The van der Waals surface area contributed by atoms with Crippen LogP contribution in [0.4, 0.5) is 4.39 Å². The number of fused-ring (bicyclic) bond motifs is 1. The van der Waals surface area contributed by atoms with Crippen molar-refractivity contribution in [2.75, 3.05) is 13.7 Å². The number of ether oxygens (including phenoxy) is 2. The Morgan fingerprint density at radius 1 is 1.12 bits per heavy atom. The van der Waals surface area contributed by atoms with Crippen LogP contribution in [0.5, 0.6) is 17.6 Å². The van der Waals surface area contributed by atoms with Gasteiger partial charge in [0.1, 0.15) is 12.4 Å². The van der Waals surface area contributed by atoms with Gasteiger partial charge >= 0.3 is 11.7 Å². The van der Waals surface area contributed by atoms with Crippen molar-refractivity contribution >= 4 is 11.2 Å². The molecule has 3 aromatic heterocycles. The molecule has 0 saturated heterocycles. The van der Waals surface area contributed by atoms with Gasteiger partial charge in [-0.1, -0.05) is 18.2 Å². The number of methoxy groups -OCH3 is 1. The second-order valence-corrected chi connectivity index (χ2v) is 7.62. The summed E-state index contributed by atoms with van der Waals surface area (Å²) in [6, 6.07) is 10.0. The first-order chi connectivity index (χ1) is 16.5. The molecule has 4 aromatic rings. The number of aliphatic hydroxyl groups excluding tert-OH is 1. The molecule has 0 amide bonds. The lowest BCUT2D eigenvalue weighted by molar-refractivity contribution is 0.277. The molecule has 0 bridgehead atoms. The molecule has 0 aliphatic rings. The second kappa shape index (κ2) is 9.87. The van der Waals surface area contributed by atoms with Crippen LogP contribution in [0, 0.1) is 0 Å².